The van der Waals surface area contributed by atoms with Crippen LogP contribution >= 0.6 is 15.9 Å². The predicted molar refractivity (Wildman–Crippen MR) is 66.6 cm³/mol. The molecule has 1 aliphatic rings. The molecule has 0 N–H and O–H groups in total. The zero-order valence-corrected chi connectivity index (χ0v) is 11.0. The fraction of sp³-hybridized carbons (Fsp3) is 0.500. The van der Waals surface area contributed by atoms with Crippen molar-refractivity contribution in [3.63, 3.8) is 0 Å². The molecular weight excluding hydrogens is 287 g/mol. The summed E-state index contributed by atoms with van der Waals surface area (Å²) in [5.41, 5.74) is 0.122. The largest absolute Gasteiger partial charge is 0.339 e. The highest BCUT2D eigenvalue weighted by Crippen LogP contribution is 2.21. The molecule has 1 amide bonds. The van der Waals surface area contributed by atoms with Gasteiger partial charge in [-0.05, 0) is 24.8 Å². The first-order chi connectivity index (χ1) is 8.22. The number of aromatic nitrogens is 1. The monoisotopic (exact) mass is 300 g/mol. The fourth-order valence-electron chi connectivity index (χ4n) is 2.01. The van der Waals surface area contributed by atoms with E-state index in [1.807, 2.05) is 0 Å². The first-order valence-corrected chi connectivity index (χ1v) is 6.79. The number of nitrogens with zero attached hydrogens (tertiary/aromatic N) is 2. The van der Waals surface area contributed by atoms with Crippen LogP contribution in [0.15, 0.2) is 18.5 Å². The Kier molecular flexibility index (Phi) is 4.10. The minimum Gasteiger partial charge on any atom is -0.339 e. The third-order valence-corrected chi connectivity index (χ3v) is 4.04. The van der Waals surface area contributed by atoms with Gasteiger partial charge in [0, 0.05) is 24.6 Å². The maximum Gasteiger partial charge on any atom is 0.256 e. The maximum absolute atomic E-state index is 13.4. The smallest absolute Gasteiger partial charge is 0.256 e. The van der Waals surface area contributed by atoms with E-state index >= 15 is 0 Å². The van der Waals surface area contributed by atoms with E-state index in [-0.39, 0.29) is 11.5 Å². The summed E-state index contributed by atoms with van der Waals surface area (Å²) in [6.07, 6.45) is 4.48. The van der Waals surface area contributed by atoms with Crippen LogP contribution in [0.1, 0.15) is 23.2 Å². The molecule has 0 aromatic carbocycles. The molecule has 1 aromatic rings. The Morgan fingerprint density at radius 3 is 2.82 bits per heavy atom. The Hall–Kier alpha value is -0.970. The molecule has 2 rings (SSSR count). The first-order valence-electron chi connectivity index (χ1n) is 5.67. The second-order valence-corrected chi connectivity index (χ2v) is 4.89. The van der Waals surface area contributed by atoms with E-state index in [9.17, 15) is 9.18 Å². The van der Waals surface area contributed by atoms with Crippen molar-refractivity contribution in [3.05, 3.63) is 29.8 Å². The number of likely N-dealkylation sites (tertiary alicyclic amines) is 1. The number of pyridine rings is 1. The lowest BCUT2D eigenvalue weighted by Crippen LogP contribution is -2.39. The summed E-state index contributed by atoms with van der Waals surface area (Å²) in [6, 6.07) is 1.44. The van der Waals surface area contributed by atoms with Crippen molar-refractivity contribution in [2.75, 3.05) is 18.4 Å². The average Bonchev–Trinajstić information content (AvgIpc) is 2.39. The zero-order chi connectivity index (χ0) is 12.3. The van der Waals surface area contributed by atoms with Crippen molar-refractivity contribution in [1.82, 2.24) is 9.88 Å². The van der Waals surface area contributed by atoms with Gasteiger partial charge in [0.2, 0.25) is 0 Å². The summed E-state index contributed by atoms with van der Waals surface area (Å²) in [6.45, 7) is 1.41. The number of hydrogen-bond donors (Lipinski definition) is 0. The second kappa shape index (κ2) is 5.58. The van der Waals surface area contributed by atoms with Gasteiger partial charge in [0.05, 0.1) is 11.8 Å². The fourth-order valence-corrected chi connectivity index (χ4v) is 2.66. The average molecular weight is 301 g/mol. The summed E-state index contributed by atoms with van der Waals surface area (Å²) < 4.78 is 13.4. The highest BCUT2D eigenvalue weighted by molar-refractivity contribution is 9.09. The number of halogens is 2. The SMILES string of the molecule is O=C(c1ccncc1F)N1CCC(CBr)CC1. The van der Waals surface area contributed by atoms with Gasteiger partial charge in [0.15, 0.2) is 5.82 Å². The molecule has 0 spiro atoms. The molecule has 5 heteroatoms. The van der Waals surface area contributed by atoms with E-state index in [4.69, 9.17) is 0 Å². The van der Waals surface area contributed by atoms with E-state index in [1.54, 1.807) is 4.90 Å². The van der Waals surface area contributed by atoms with Gasteiger partial charge in [-0.1, -0.05) is 15.9 Å². The van der Waals surface area contributed by atoms with Crippen molar-refractivity contribution in [3.8, 4) is 0 Å². The Balaban J connectivity index is 2.04. The summed E-state index contributed by atoms with van der Waals surface area (Å²) in [7, 11) is 0. The molecule has 0 atom stereocenters. The number of hydrogen-bond acceptors (Lipinski definition) is 2. The second-order valence-electron chi connectivity index (χ2n) is 4.25. The predicted octanol–water partition coefficient (Wildman–Crippen LogP) is 2.47. The Morgan fingerprint density at radius 1 is 1.53 bits per heavy atom. The third kappa shape index (κ3) is 2.83. The van der Waals surface area contributed by atoms with E-state index in [2.05, 4.69) is 20.9 Å². The normalized spacial score (nSPS) is 17.2. The zero-order valence-electron chi connectivity index (χ0n) is 9.40. The van der Waals surface area contributed by atoms with Gasteiger partial charge in [-0.15, -0.1) is 0 Å². The lowest BCUT2D eigenvalue weighted by atomic mass is 9.98. The molecule has 0 bridgehead atoms. The quantitative estimate of drug-likeness (QED) is 0.786. The summed E-state index contributed by atoms with van der Waals surface area (Å²) >= 11 is 3.45. The number of amides is 1. The van der Waals surface area contributed by atoms with Gasteiger partial charge in [-0.2, -0.15) is 0 Å². The number of alkyl halides is 1. The third-order valence-electron chi connectivity index (χ3n) is 3.12. The van der Waals surface area contributed by atoms with Gasteiger partial charge in [0.25, 0.3) is 5.91 Å². The van der Waals surface area contributed by atoms with E-state index in [0.717, 1.165) is 24.4 Å². The highest BCUT2D eigenvalue weighted by Gasteiger charge is 2.24. The van der Waals surface area contributed by atoms with Crippen LogP contribution in [0.5, 0.6) is 0 Å². The Morgan fingerprint density at radius 2 is 2.24 bits per heavy atom. The summed E-state index contributed by atoms with van der Waals surface area (Å²) in [4.78, 5) is 17.4. The minimum absolute atomic E-state index is 0.122. The highest BCUT2D eigenvalue weighted by atomic mass is 79.9. The van der Waals surface area contributed by atoms with Crippen LogP contribution in [0.3, 0.4) is 0 Å². The van der Waals surface area contributed by atoms with Crippen molar-refractivity contribution in [2.45, 2.75) is 12.8 Å². The molecule has 1 aromatic heterocycles. The van der Waals surface area contributed by atoms with Gasteiger partial charge in [0.1, 0.15) is 0 Å². The molecule has 0 radical (unpaired) electrons. The summed E-state index contributed by atoms with van der Waals surface area (Å²) in [5.74, 6) is -0.139. The molecule has 3 nitrogen and oxygen atoms in total. The molecule has 0 saturated carbocycles. The Labute approximate surface area is 108 Å². The maximum atomic E-state index is 13.4. The van der Waals surface area contributed by atoms with Gasteiger partial charge < -0.3 is 4.90 Å². The molecule has 0 unspecified atom stereocenters. The van der Waals surface area contributed by atoms with Crippen LogP contribution in [-0.2, 0) is 0 Å². The molecule has 17 heavy (non-hydrogen) atoms. The van der Waals surface area contributed by atoms with Crippen molar-refractivity contribution >= 4 is 21.8 Å². The minimum atomic E-state index is -0.542. The topological polar surface area (TPSA) is 33.2 Å². The molecular formula is C12H14BrFN2O. The van der Waals surface area contributed by atoms with Crippen LogP contribution in [-0.4, -0.2) is 34.2 Å². The molecule has 1 fully saturated rings. The van der Waals surface area contributed by atoms with Crippen molar-refractivity contribution in [1.29, 1.82) is 0 Å². The van der Waals surface area contributed by atoms with E-state index < -0.39 is 5.82 Å². The first kappa shape index (κ1) is 12.5. The van der Waals surface area contributed by atoms with Crippen LogP contribution in [0.25, 0.3) is 0 Å². The van der Waals surface area contributed by atoms with Crippen LogP contribution in [0, 0.1) is 11.7 Å². The molecule has 92 valence electrons. The number of rotatable bonds is 2. The van der Waals surface area contributed by atoms with Crippen LogP contribution < -0.4 is 0 Å². The molecule has 2 heterocycles. The molecule has 1 aliphatic heterocycles. The van der Waals surface area contributed by atoms with Gasteiger partial charge in [-0.3, -0.25) is 9.78 Å². The number of carbonyl (C=O) groups is 1. The van der Waals surface area contributed by atoms with Crippen LogP contribution in [0.2, 0.25) is 0 Å². The van der Waals surface area contributed by atoms with Crippen LogP contribution in [0.4, 0.5) is 4.39 Å². The van der Waals surface area contributed by atoms with Gasteiger partial charge >= 0.3 is 0 Å². The Bertz CT molecular complexity index is 405. The lowest BCUT2D eigenvalue weighted by molar-refractivity contribution is 0.0694. The summed E-state index contributed by atoms with van der Waals surface area (Å²) in [5, 5.41) is 0.971. The number of piperidine rings is 1. The van der Waals surface area contributed by atoms with Crippen molar-refractivity contribution in [2.24, 2.45) is 5.92 Å². The van der Waals surface area contributed by atoms with Gasteiger partial charge in [-0.25, -0.2) is 4.39 Å². The van der Waals surface area contributed by atoms with E-state index in [1.165, 1.54) is 12.3 Å². The molecule has 1 saturated heterocycles. The lowest BCUT2D eigenvalue weighted by Gasteiger charge is -2.31. The number of carbonyl (C=O) groups excluding carboxylic acids is 1. The standard InChI is InChI=1S/C12H14BrFN2O/c13-7-9-2-5-16(6-3-9)12(17)10-1-4-15-8-11(10)14/h1,4,8-9H,2-3,5-7H2. The van der Waals surface area contributed by atoms with E-state index in [0.29, 0.717) is 19.0 Å². The van der Waals surface area contributed by atoms with Crippen molar-refractivity contribution < 1.29 is 9.18 Å². The molecule has 0 aliphatic carbocycles.